The first-order chi connectivity index (χ1) is 9.29. The van der Waals surface area contributed by atoms with Crippen molar-refractivity contribution < 1.29 is 4.79 Å². The summed E-state index contributed by atoms with van der Waals surface area (Å²) in [7, 11) is 0. The van der Waals surface area contributed by atoms with Crippen LogP contribution in [-0.4, -0.2) is 22.5 Å². The summed E-state index contributed by atoms with van der Waals surface area (Å²) in [5.74, 6) is -0.0576. The number of carbonyl (C=O) groups is 1. The number of fused-ring (bicyclic) bond motifs is 1. The zero-order valence-corrected chi connectivity index (χ0v) is 10.9. The maximum atomic E-state index is 12.4. The van der Waals surface area contributed by atoms with E-state index in [0.29, 0.717) is 17.1 Å². The van der Waals surface area contributed by atoms with Crippen LogP contribution in [0.15, 0.2) is 40.8 Å². The molecule has 0 aliphatic carbocycles. The third kappa shape index (κ3) is 2.08. The minimum absolute atomic E-state index is 0.0576. The fourth-order valence-corrected chi connectivity index (χ4v) is 2.73. The first-order valence-electron chi connectivity index (χ1n) is 5.77. The monoisotopic (exact) mass is 269 g/mol. The van der Waals surface area contributed by atoms with E-state index >= 15 is 0 Å². The largest absolute Gasteiger partial charge is 0.360 e. The van der Waals surface area contributed by atoms with E-state index in [-0.39, 0.29) is 5.78 Å². The van der Waals surface area contributed by atoms with Gasteiger partial charge in [-0.2, -0.15) is 0 Å². The molecule has 0 spiro atoms. The Morgan fingerprint density at radius 2 is 2.26 bits per heavy atom. The Kier molecular flexibility index (Phi) is 2.97. The fourth-order valence-electron chi connectivity index (χ4n) is 1.97. The van der Waals surface area contributed by atoms with Crippen LogP contribution in [0.4, 0.5) is 0 Å². The van der Waals surface area contributed by atoms with Crippen LogP contribution < -0.4 is 0 Å². The highest BCUT2D eigenvalue weighted by Gasteiger charge is 2.17. The average molecular weight is 269 g/mol. The highest BCUT2D eigenvalue weighted by molar-refractivity contribution is 7.12. The molecule has 5 heteroatoms. The maximum absolute atomic E-state index is 12.4. The van der Waals surface area contributed by atoms with E-state index in [2.05, 4.69) is 21.7 Å². The van der Waals surface area contributed by atoms with Gasteiger partial charge in [0.2, 0.25) is 5.78 Å². The molecule has 0 saturated carbocycles. The Labute approximate surface area is 113 Å². The van der Waals surface area contributed by atoms with Crippen molar-refractivity contribution in [2.45, 2.75) is 6.54 Å². The van der Waals surface area contributed by atoms with Crippen molar-refractivity contribution in [2.75, 3.05) is 0 Å². The van der Waals surface area contributed by atoms with Gasteiger partial charge >= 0.3 is 0 Å². The second kappa shape index (κ2) is 4.78. The quantitative estimate of drug-likeness (QED) is 0.584. The topological polar surface area (TPSA) is 58.1 Å². The van der Waals surface area contributed by atoms with Crippen LogP contribution in [0.1, 0.15) is 21.1 Å². The van der Waals surface area contributed by atoms with Crippen LogP contribution >= 0.6 is 11.3 Å². The number of thiazole rings is 1. The maximum Gasteiger partial charge on any atom is 0.223 e. The van der Waals surface area contributed by atoms with Crippen molar-refractivity contribution in [2.24, 2.45) is 4.99 Å². The summed E-state index contributed by atoms with van der Waals surface area (Å²) < 4.78 is 0. The number of aromatic nitrogens is 2. The van der Waals surface area contributed by atoms with E-state index in [0.717, 1.165) is 16.6 Å². The van der Waals surface area contributed by atoms with Crippen LogP contribution in [0.3, 0.4) is 0 Å². The van der Waals surface area contributed by atoms with E-state index in [9.17, 15) is 4.79 Å². The normalized spacial score (nSPS) is 10.7. The van der Waals surface area contributed by atoms with Crippen molar-refractivity contribution >= 4 is 34.7 Å². The minimum Gasteiger partial charge on any atom is -0.360 e. The van der Waals surface area contributed by atoms with Gasteiger partial charge in [0.05, 0.1) is 17.8 Å². The number of hydrogen-bond acceptors (Lipinski definition) is 4. The Balaban J connectivity index is 2.00. The molecule has 3 rings (SSSR count). The van der Waals surface area contributed by atoms with Crippen molar-refractivity contribution in [3.63, 3.8) is 0 Å². The van der Waals surface area contributed by atoms with Gasteiger partial charge in [0, 0.05) is 22.5 Å². The van der Waals surface area contributed by atoms with Crippen LogP contribution in [0.5, 0.6) is 0 Å². The molecule has 0 bridgehead atoms. The molecule has 19 heavy (non-hydrogen) atoms. The van der Waals surface area contributed by atoms with E-state index < -0.39 is 0 Å². The first kappa shape index (κ1) is 11.8. The number of ketones is 1. The van der Waals surface area contributed by atoms with Crippen LogP contribution in [0.2, 0.25) is 0 Å². The van der Waals surface area contributed by atoms with E-state index in [1.54, 1.807) is 6.20 Å². The Morgan fingerprint density at radius 3 is 3.11 bits per heavy atom. The number of nitrogens with zero attached hydrogens (tertiary/aromatic N) is 2. The molecule has 1 aromatic carbocycles. The standard InChI is InChI=1S/C14H11N3OS/c1-15-6-9-8-19-14(17-9)13(18)11-7-16-12-5-3-2-4-10(11)12/h2-5,7-8,16H,1,6H2. The van der Waals surface area contributed by atoms with Gasteiger partial charge in [-0.15, -0.1) is 11.3 Å². The van der Waals surface area contributed by atoms with Crippen molar-refractivity contribution in [1.82, 2.24) is 9.97 Å². The number of H-pyrrole nitrogens is 1. The highest BCUT2D eigenvalue weighted by atomic mass is 32.1. The van der Waals surface area contributed by atoms with Crippen molar-refractivity contribution in [3.8, 4) is 0 Å². The van der Waals surface area contributed by atoms with Gasteiger partial charge in [-0.05, 0) is 12.8 Å². The number of nitrogens with one attached hydrogen (secondary N) is 1. The number of carbonyl (C=O) groups excluding carboxylic acids is 1. The summed E-state index contributed by atoms with van der Waals surface area (Å²) in [6.07, 6.45) is 1.74. The Bertz CT molecular complexity index is 757. The molecule has 0 atom stereocenters. The Morgan fingerprint density at radius 1 is 1.42 bits per heavy atom. The molecule has 4 nitrogen and oxygen atoms in total. The SMILES string of the molecule is C=NCc1csc(C(=O)c2c[nH]c3ccccc23)n1. The lowest BCUT2D eigenvalue weighted by Crippen LogP contribution is -2.00. The number of rotatable bonds is 4. The summed E-state index contributed by atoms with van der Waals surface area (Å²) in [5.41, 5.74) is 2.39. The van der Waals surface area contributed by atoms with Crippen LogP contribution in [0, 0.1) is 0 Å². The minimum atomic E-state index is -0.0576. The molecule has 2 aromatic heterocycles. The molecule has 0 unspecified atom stereocenters. The zero-order chi connectivity index (χ0) is 13.2. The molecule has 0 fully saturated rings. The summed E-state index contributed by atoms with van der Waals surface area (Å²) >= 11 is 1.34. The first-order valence-corrected chi connectivity index (χ1v) is 6.65. The average Bonchev–Trinajstić information content (AvgIpc) is 3.05. The number of benzene rings is 1. The lowest BCUT2D eigenvalue weighted by molar-refractivity contribution is 0.104. The molecule has 0 aliphatic heterocycles. The van der Waals surface area contributed by atoms with Crippen LogP contribution in [0.25, 0.3) is 10.9 Å². The van der Waals surface area contributed by atoms with Gasteiger partial charge in [-0.25, -0.2) is 4.98 Å². The van der Waals surface area contributed by atoms with Gasteiger partial charge in [0.25, 0.3) is 0 Å². The number of hydrogen-bond donors (Lipinski definition) is 1. The molecule has 3 aromatic rings. The summed E-state index contributed by atoms with van der Waals surface area (Å²) in [6, 6.07) is 7.73. The lowest BCUT2D eigenvalue weighted by Gasteiger charge is -1.94. The number of para-hydroxylation sites is 1. The molecule has 0 aliphatic rings. The fraction of sp³-hybridized carbons (Fsp3) is 0.0714. The van der Waals surface area contributed by atoms with Crippen LogP contribution in [-0.2, 0) is 6.54 Å². The Hall–Kier alpha value is -2.27. The second-order valence-electron chi connectivity index (χ2n) is 4.10. The highest BCUT2D eigenvalue weighted by Crippen LogP contribution is 2.22. The molecular weight excluding hydrogens is 258 g/mol. The molecule has 0 radical (unpaired) electrons. The van der Waals surface area contributed by atoms with Gasteiger partial charge in [-0.1, -0.05) is 18.2 Å². The summed E-state index contributed by atoms with van der Waals surface area (Å²) in [4.78, 5) is 23.6. The third-order valence-corrected chi connectivity index (χ3v) is 3.74. The third-order valence-electron chi connectivity index (χ3n) is 2.85. The van der Waals surface area contributed by atoms with Gasteiger partial charge in [-0.3, -0.25) is 9.79 Å². The predicted molar refractivity (Wildman–Crippen MR) is 77.1 cm³/mol. The van der Waals surface area contributed by atoms with Gasteiger partial charge in [0.15, 0.2) is 5.01 Å². The zero-order valence-electron chi connectivity index (χ0n) is 10.1. The van der Waals surface area contributed by atoms with E-state index in [4.69, 9.17) is 0 Å². The lowest BCUT2D eigenvalue weighted by atomic mass is 10.1. The van der Waals surface area contributed by atoms with Gasteiger partial charge < -0.3 is 4.98 Å². The number of aliphatic imine (C=N–C) groups is 1. The molecular formula is C14H11N3OS. The molecule has 0 amide bonds. The van der Waals surface area contributed by atoms with E-state index in [1.165, 1.54) is 11.3 Å². The second-order valence-corrected chi connectivity index (χ2v) is 4.96. The summed E-state index contributed by atoms with van der Waals surface area (Å²) in [5, 5.41) is 3.26. The predicted octanol–water partition coefficient (Wildman–Crippen LogP) is 3.06. The molecule has 94 valence electrons. The van der Waals surface area contributed by atoms with Crippen molar-refractivity contribution in [3.05, 3.63) is 52.1 Å². The molecule has 0 saturated heterocycles. The van der Waals surface area contributed by atoms with Gasteiger partial charge in [0.1, 0.15) is 0 Å². The van der Waals surface area contributed by atoms with E-state index in [1.807, 2.05) is 29.6 Å². The molecule has 1 N–H and O–H groups in total. The smallest absolute Gasteiger partial charge is 0.223 e. The summed E-state index contributed by atoms with van der Waals surface area (Å²) in [6.45, 7) is 3.87. The molecule has 2 heterocycles. The van der Waals surface area contributed by atoms with Crippen molar-refractivity contribution in [1.29, 1.82) is 0 Å². The number of aromatic amines is 1.